The lowest BCUT2D eigenvalue weighted by atomic mass is 9.97. The van der Waals surface area contributed by atoms with Gasteiger partial charge in [-0.15, -0.1) is 5.10 Å². The van der Waals surface area contributed by atoms with E-state index in [2.05, 4.69) is 31.2 Å². The molecule has 0 radical (unpaired) electrons. The van der Waals surface area contributed by atoms with E-state index in [0.717, 1.165) is 28.6 Å². The first-order chi connectivity index (χ1) is 15.3. The van der Waals surface area contributed by atoms with Crippen LogP contribution in [-0.4, -0.2) is 65.7 Å². The first-order valence-corrected chi connectivity index (χ1v) is 10.9. The van der Waals surface area contributed by atoms with Crippen molar-refractivity contribution in [3.8, 4) is 11.3 Å². The van der Waals surface area contributed by atoms with Crippen molar-refractivity contribution in [3.63, 3.8) is 0 Å². The zero-order valence-corrected chi connectivity index (χ0v) is 18.4. The SMILES string of the molecule is OC[C@H]1O[C@@H](Sc2cncc(Br)c2)[C@H](O)[C@@H](n2cc(-c3cc(F)c(F)c(F)c3)nn2)[C@H]1O. The molecule has 1 fully saturated rings. The summed E-state index contributed by atoms with van der Waals surface area (Å²) in [6, 6.07) is 2.18. The van der Waals surface area contributed by atoms with Gasteiger partial charge in [0.25, 0.3) is 0 Å². The van der Waals surface area contributed by atoms with Gasteiger partial charge in [-0.25, -0.2) is 17.9 Å². The van der Waals surface area contributed by atoms with E-state index < -0.39 is 53.8 Å². The van der Waals surface area contributed by atoms with Crippen LogP contribution in [-0.2, 0) is 4.74 Å². The van der Waals surface area contributed by atoms with Crippen molar-refractivity contribution in [1.82, 2.24) is 20.0 Å². The van der Waals surface area contributed by atoms with Gasteiger partial charge >= 0.3 is 0 Å². The first kappa shape index (κ1) is 23.1. The van der Waals surface area contributed by atoms with E-state index in [1.54, 1.807) is 18.5 Å². The Labute approximate surface area is 192 Å². The number of hydrogen-bond donors (Lipinski definition) is 3. The van der Waals surface area contributed by atoms with Gasteiger partial charge < -0.3 is 20.1 Å². The second-order valence-corrected chi connectivity index (χ2v) is 9.08. The summed E-state index contributed by atoms with van der Waals surface area (Å²) in [5.74, 6) is -4.38. The molecule has 1 aromatic carbocycles. The molecule has 5 atom stereocenters. The molecule has 1 saturated heterocycles. The number of ether oxygens (including phenoxy) is 1. The van der Waals surface area contributed by atoms with E-state index in [9.17, 15) is 28.5 Å². The van der Waals surface area contributed by atoms with Gasteiger partial charge in [0.05, 0.1) is 12.8 Å². The maximum absolute atomic E-state index is 13.6. The number of nitrogens with zero attached hydrogens (tertiary/aromatic N) is 4. The van der Waals surface area contributed by atoms with E-state index in [1.165, 1.54) is 6.20 Å². The fourth-order valence-corrected chi connectivity index (χ4v) is 4.93. The molecule has 2 aromatic heterocycles. The number of rotatable bonds is 5. The average molecular weight is 533 g/mol. The Morgan fingerprint density at radius 2 is 1.81 bits per heavy atom. The Kier molecular flexibility index (Phi) is 6.83. The number of aromatic nitrogens is 4. The second kappa shape index (κ2) is 9.45. The van der Waals surface area contributed by atoms with Crippen LogP contribution in [0.4, 0.5) is 13.2 Å². The summed E-state index contributed by atoms with van der Waals surface area (Å²) in [7, 11) is 0. The Morgan fingerprint density at radius 1 is 1.09 bits per heavy atom. The predicted molar refractivity (Wildman–Crippen MR) is 110 cm³/mol. The summed E-state index contributed by atoms with van der Waals surface area (Å²) in [5.41, 5.74) is -0.992. The van der Waals surface area contributed by atoms with Crippen LogP contribution < -0.4 is 0 Å². The third-order valence-electron chi connectivity index (χ3n) is 4.88. The summed E-state index contributed by atoms with van der Waals surface area (Å²) >= 11 is 4.43. The molecule has 0 spiro atoms. The molecule has 3 N–H and O–H groups in total. The third kappa shape index (κ3) is 4.54. The van der Waals surface area contributed by atoms with Crippen LogP contribution in [0.1, 0.15) is 6.04 Å². The first-order valence-electron chi connectivity index (χ1n) is 9.25. The summed E-state index contributed by atoms with van der Waals surface area (Å²) in [4.78, 5) is 4.70. The molecule has 0 bridgehead atoms. The molecule has 4 rings (SSSR count). The summed E-state index contributed by atoms with van der Waals surface area (Å²) in [6.07, 6.45) is 0.672. The predicted octanol–water partition coefficient (Wildman–Crippen LogP) is 2.29. The Hall–Kier alpha value is -2.03. The maximum atomic E-state index is 13.6. The van der Waals surface area contributed by atoms with Gasteiger partial charge in [0.2, 0.25) is 0 Å². The smallest absolute Gasteiger partial charge is 0.194 e. The largest absolute Gasteiger partial charge is 0.394 e. The molecule has 1 aliphatic heterocycles. The van der Waals surface area contributed by atoms with Crippen LogP contribution in [0.5, 0.6) is 0 Å². The lowest BCUT2D eigenvalue weighted by Gasteiger charge is -2.41. The number of benzene rings is 1. The van der Waals surface area contributed by atoms with Gasteiger partial charge in [-0.3, -0.25) is 4.98 Å². The minimum Gasteiger partial charge on any atom is -0.394 e. The van der Waals surface area contributed by atoms with Gasteiger partial charge in [0.1, 0.15) is 35.5 Å². The van der Waals surface area contributed by atoms with Crippen LogP contribution in [0.25, 0.3) is 11.3 Å². The Morgan fingerprint density at radius 3 is 2.47 bits per heavy atom. The Bertz CT molecular complexity index is 1100. The lowest BCUT2D eigenvalue weighted by molar-refractivity contribution is -0.178. The highest BCUT2D eigenvalue weighted by atomic mass is 79.9. The Balaban J connectivity index is 1.64. The second-order valence-electron chi connectivity index (χ2n) is 6.99. The number of pyridine rings is 1. The summed E-state index contributed by atoms with van der Waals surface area (Å²) in [5, 5.41) is 38.9. The van der Waals surface area contributed by atoms with Gasteiger partial charge in [0, 0.05) is 27.3 Å². The number of halogens is 4. The normalized spacial score (nSPS) is 25.8. The highest BCUT2D eigenvalue weighted by Gasteiger charge is 2.46. The quantitative estimate of drug-likeness (QED) is 0.429. The van der Waals surface area contributed by atoms with Gasteiger partial charge in [-0.2, -0.15) is 0 Å². The molecule has 0 unspecified atom stereocenters. The summed E-state index contributed by atoms with van der Waals surface area (Å²) < 4.78 is 47.9. The van der Waals surface area contributed by atoms with Crippen LogP contribution in [0.15, 0.2) is 46.2 Å². The molecule has 0 saturated carbocycles. The fourth-order valence-electron chi connectivity index (χ4n) is 3.33. The summed E-state index contributed by atoms with van der Waals surface area (Å²) in [6.45, 7) is -0.534. The van der Waals surface area contributed by atoms with Crippen molar-refractivity contribution in [2.75, 3.05) is 6.61 Å². The van der Waals surface area contributed by atoms with E-state index >= 15 is 0 Å². The molecule has 1 aliphatic rings. The molecule has 3 aromatic rings. The molecule has 0 aliphatic carbocycles. The van der Waals surface area contributed by atoms with Gasteiger partial charge in [-0.05, 0) is 34.1 Å². The van der Waals surface area contributed by atoms with Crippen molar-refractivity contribution in [1.29, 1.82) is 0 Å². The maximum Gasteiger partial charge on any atom is 0.194 e. The van der Waals surface area contributed by atoms with Crippen molar-refractivity contribution in [3.05, 3.63) is 58.7 Å². The number of aliphatic hydroxyl groups excluding tert-OH is 3. The number of aliphatic hydroxyl groups is 3. The van der Waals surface area contributed by atoms with E-state index in [0.29, 0.717) is 9.37 Å². The van der Waals surface area contributed by atoms with E-state index in [1.807, 2.05) is 0 Å². The van der Waals surface area contributed by atoms with Gasteiger partial charge in [-0.1, -0.05) is 17.0 Å². The molecule has 8 nitrogen and oxygen atoms in total. The zero-order chi connectivity index (χ0) is 23.0. The van der Waals surface area contributed by atoms with Crippen molar-refractivity contribution in [2.45, 2.75) is 34.7 Å². The molecule has 32 heavy (non-hydrogen) atoms. The average Bonchev–Trinajstić information content (AvgIpc) is 3.23. The molecule has 13 heteroatoms. The fraction of sp³-hybridized carbons (Fsp3) is 0.316. The standard InChI is InChI=1S/C19H16BrF3N4O4S/c20-9-3-10(5-24-4-9)32-19-18(30)16(17(29)14(7-28)31-19)27-6-13(25-26-27)8-1-11(21)15(23)12(22)2-8/h1-6,14,16-19,28-30H,7H2/t14-,16+,17+,18-,19+/m1/s1. The van der Waals surface area contributed by atoms with Crippen LogP contribution in [0.3, 0.4) is 0 Å². The minimum atomic E-state index is -1.61. The third-order valence-corrected chi connectivity index (χ3v) is 6.43. The van der Waals surface area contributed by atoms with Gasteiger partial charge in [0.15, 0.2) is 17.5 Å². The van der Waals surface area contributed by atoms with Crippen LogP contribution >= 0.6 is 27.7 Å². The molecule has 3 heterocycles. The molecule has 170 valence electrons. The monoisotopic (exact) mass is 532 g/mol. The topological polar surface area (TPSA) is 114 Å². The van der Waals surface area contributed by atoms with Crippen molar-refractivity contribution >= 4 is 27.7 Å². The lowest BCUT2D eigenvalue weighted by Crippen LogP contribution is -2.55. The highest BCUT2D eigenvalue weighted by Crippen LogP contribution is 2.38. The molecular weight excluding hydrogens is 517 g/mol. The zero-order valence-electron chi connectivity index (χ0n) is 16.0. The molecule has 0 amide bonds. The molecular formula is C19H16BrF3N4O4S. The number of hydrogen-bond acceptors (Lipinski definition) is 8. The van der Waals surface area contributed by atoms with Crippen LogP contribution in [0.2, 0.25) is 0 Å². The highest BCUT2D eigenvalue weighted by molar-refractivity contribution is 9.10. The van der Waals surface area contributed by atoms with E-state index in [4.69, 9.17) is 4.74 Å². The minimum absolute atomic E-state index is 0.00497. The number of thioether (sulfide) groups is 1. The van der Waals surface area contributed by atoms with E-state index in [-0.39, 0.29) is 11.3 Å². The van der Waals surface area contributed by atoms with Crippen LogP contribution in [0, 0.1) is 17.5 Å². The van der Waals surface area contributed by atoms with Crippen molar-refractivity contribution < 1.29 is 33.2 Å². The van der Waals surface area contributed by atoms with Crippen molar-refractivity contribution in [2.24, 2.45) is 0 Å².